The van der Waals surface area contributed by atoms with Crippen LogP contribution in [-0.4, -0.2) is 29.3 Å². The summed E-state index contributed by atoms with van der Waals surface area (Å²) >= 11 is 0. The summed E-state index contributed by atoms with van der Waals surface area (Å²) in [5.41, 5.74) is 3.40. The number of nitrogens with zero attached hydrogens (tertiary/aromatic N) is 3. The van der Waals surface area contributed by atoms with Gasteiger partial charge in [-0.3, -0.25) is 0 Å². The Balaban J connectivity index is 1.89. The number of benzene rings is 2. The van der Waals surface area contributed by atoms with Gasteiger partial charge in [0.25, 0.3) is 0 Å². The highest BCUT2D eigenvalue weighted by atomic mass is 32.2. The van der Waals surface area contributed by atoms with Crippen molar-refractivity contribution in [2.24, 2.45) is 0 Å². The topological polar surface area (TPSA) is 77.5 Å². The Morgan fingerprint density at radius 3 is 2.65 bits per heavy atom. The zero-order chi connectivity index (χ0) is 17.9. The summed E-state index contributed by atoms with van der Waals surface area (Å²) in [5, 5.41) is 5.95. The lowest BCUT2D eigenvalue weighted by Gasteiger charge is -2.07. The summed E-state index contributed by atoms with van der Waals surface area (Å²) in [4.78, 5) is 4.39. The van der Waals surface area contributed by atoms with Crippen molar-refractivity contribution in [3.63, 3.8) is 0 Å². The summed E-state index contributed by atoms with van der Waals surface area (Å²) in [7, 11) is -3.55. The molecule has 6 nitrogen and oxygen atoms in total. The van der Waals surface area contributed by atoms with E-state index in [2.05, 4.69) is 10.1 Å². The molecule has 128 valence electrons. The van der Waals surface area contributed by atoms with Gasteiger partial charge < -0.3 is 4.42 Å². The van der Waals surface area contributed by atoms with Crippen molar-refractivity contribution in [2.45, 2.75) is 5.16 Å². The van der Waals surface area contributed by atoms with Gasteiger partial charge in [0.1, 0.15) is 11.2 Å². The quantitative estimate of drug-likeness (QED) is 0.447. The Morgan fingerprint density at radius 2 is 1.81 bits per heavy atom. The van der Waals surface area contributed by atoms with Crippen molar-refractivity contribution in [2.75, 3.05) is 6.26 Å². The standard InChI is InChI=1S/C19H13N3O3S/c1-26(23,24)19-21-16(11-12-9-10-20-22(12)19)15-7-4-6-14-13-5-2-3-8-17(13)25-18(14)15/h2-11H,1H3. The minimum atomic E-state index is -3.55. The third kappa shape index (κ3) is 2.14. The van der Waals surface area contributed by atoms with Crippen molar-refractivity contribution in [1.82, 2.24) is 14.6 Å². The van der Waals surface area contributed by atoms with Crippen LogP contribution in [0.15, 0.2) is 70.4 Å². The molecule has 0 bridgehead atoms. The maximum Gasteiger partial charge on any atom is 0.249 e. The number of rotatable bonds is 2. The van der Waals surface area contributed by atoms with Crippen molar-refractivity contribution in [3.8, 4) is 11.3 Å². The van der Waals surface area contributed by atoms with Crippen LogP contribution >= 0.6 is 0 Å². The molecule has 0 aliphatic carbocycles. The van der Waals surface area contributed by atoms with Crippen LogP contribution in [0, 0.1) is 0 Å². The molecule has 0 radical (unpaired) electrons. The molecule has 3 heterocycles. The van der Waals surface area contributed by atoms with Gasteiger partial charge in [-0.05, 0) is 24.3 Å². The highest BCUT2D eigenvalue weighted by Crippen LogP contribution is 2.35. The molecular formula is C19H13N3O3S. The Labute approximate surface area is 148 Å². The Kier molecular flexibility index (Phi) is 2.99. The SMILES string of the molecule is CS(=O)(=O)c1nc(-c2cccc3c2oc2ccccc23)cc2ccnn12. The van der Waals surface area contributed by atoms with Gasteiger partial charge in [-0.25, -0.2) is 17.9 Å². The van der Waals surface area contributed by atoms with Crippen LogP contribution < -0.4 is 0 Å². The van der Waals surface area contributed by atoms with Crippen LogP contribution in [0.2, 0.25) is 0 Å². The largest absolute Gasteiger partial charge is 0.455 e. The van der Waals surface area contributed by atoms with Gasteiger partial charge in [0, 0.05) is 22.6 Å². The van der Waals surface area contributed by atoms with E-state index in [9.17, 15) is 8.42 Å². The summed E-state index contributed by atoms with van der Waals surface area (Å²) in [6, 6.07) is 17.1. The molecule has 0 fully saturated rings. The van der Waals surface area contributed by atoms with Crippen LogP contribution in [0.1, 0.15) is 0 Å². The normalized spacial score (nSPS) is 12.3. The van der Waals surface area contributed by atoms with Gasteiger partial charge >= 0.3 is 0 Å². The number of fused-ring (bicyclic) bond motifs is 4. The summed E-state index contributed by atoms with van der Waals surface area (Å²) in [6.07, 6.45) is 2.68. The number of aromatic nitrogens is 3. The molecule has 0 spiro atoms. The fourth-order valence-corrected chi connectivity index (χ4v) is 3.96. The zero-order valence-corrected chi connectivity index (χ0v) is 14.6. The number of hydrogen-bond donors (Lipinski definition) is 0. The molecule has 5 aromatic rings. The fraction of sp³-hybridized carbons (Fsp3) is 0.0526. The molecule has 0 unspecified atom stereocenters. The first-order chi connectivity index (χ1) is 12.5. The van der Waals surface area contributed by atoms with Crippen molar-refractivity contribution < 1.29 is 12.8 Å². The van der Waals surface area contributed by atoms with Crippen molar-refractivity contribution in [1.29, 1.82) is 0 Å². The number of sulfone groups is 1. The second-order valence-corrected chi connectivity index (χ2v) is 8.05. The van der Waals surface area contributed by atoms with Crippen LogP contribution in [0.5, 0.6) is 0 Å². The second-order valence-electron chi connectivity index (χ2n) is 6.14. The minimum Gasteiger partial charge on any atom is -0.455 e. The summed E-state index contributed by atoms with van der Waals surface area (Å²) in [6.45, 7) is 0. The smallest absolute Gasteiger partial charge is 0.249 e. The van der Waals surface area contributed by atoms with E-state index >= 15 is 0 Å². The molecular weight excluding hydrogens is 350 g/mol. The van der Waals surface area contributed by atoms with Crippen molar-refractivity contribution in [3.05, 3.63) is 60.8 Å². The van der Waals surface area contributed by atoms with E-state index in [0.717, 1.165) is 28.2 Å². The second kappa shape index (κ2) is 5.15. The van der Waals surface area contributed by atoms with Crippen LogP contribution in [0.4, 0.5) is 0 Å². The lowest BCUT2D eigenvalue weighted by molar-refractivity contribution is 0.585. The average molecular weight is 363 g/mol. The molecule has 0 aliphatic heterocycles. The van der Waals surface area contributed by atoms with Crippen molar-refractivity contribution >= 4 is 37.3 Å². The number of para-hydroxylation sites is 2. The number of furan rings is 1. The number of hydrogen-bond acceptors (Lipinski definition) is 5. The fourth-order valence-electron chi connectivity index (χ4n) is 3.23. The van der Waals surface area contributed by atoms with Crippen LogP contribution in [-0.2, 0) is 9.84 Å². The molecule has 7 heteroatoms. The lowest BCUT2D eigenvalue weighted by atomic mass is 10.1. The molecule has 0 amide bonds. The van der Waals surface area contributed by atoms with Crippen LogP contribution in [0.3, 0.4) is 0 Å². The van der Waals surface area contributed by atoms with Gasteiger partial charge in [0.2, 0.25) is 15.0 Å². The first kappa shape index (κ1) is 15.1. The van der Waals surface area contributed by atoms with Gasteiger partial charge in [-0.1, -0.05) is 30.3 Å². The molecule has 0 saturated heterocycles. The third-order valence-electron chi connectivity index (χ3n) is 4.37. The predicted molar refractivity (Wildman–Crippen MR) is 98.8 cm³/mol. The molecule has 3 aromatic heterocycles. The highest BCUT2D eigenvalue weighted by molar-refractivity contribution is 7.90. The predicted octanol–water partition coefficient (Wildman–Crippen LogP) is 3.70. The Morgan fingerprint density at radius 1 is 1.00 bits per heavy atom. The van der Waals surface area contributed by atoms with E-state index in [4.69, 9.17) is 4.42 Å². The maximum atomic E-state index is 12.2. The maximum absolute atomic E-state index is 12.2. The molecule has 0 saturated carbocycles. The molecule has 26 heavy (non-hydrogen) atoms. The average Bonchev–Trinajstić information content (AvgIpc) is 3.23. The first-order valence-corrected chi connectivity index (χ1v) is 9.87. The Bertz CT molecular complexity index is 1410. The van der Waals surface area contributed by atoms with E-state index in [0.29, 0.717) is 16.8 Å². The first-order valence-electron chi connectivity index (χ1n) is 7.98. The van der Waals surface area contributed by atoms with E-state index in [1.165, 1.54) is 4.52 Å². The third-order valence-corrected chi connectivity index (χ3v) is 5.29. The zero-order valence-electron chi connectivity index (χ0n) is 13.7. The van der Waals surface area contributed by atoms with E-state index in [-0.39, 0.29) is 5.16 Å². The molecule has 0 aliphatic rings. The summed E-state index contributed by atoms with van der Waals surface area (Å²) < 4.78 is 31.7. The highest BCUT2D eigenvalue weighted by Gasteiger charge is 2.19. The Hall–Kier alpha value is -3.19. The van der Waals surface area contributed by atoms with Gasteiger partial charge in [0.05, 0.1) is 17.4 Å². The molecule has 5 rings (SSSR count). The van der Waals surface area contributed by atoms with E-state index in [1.54, 1.807) is 12.3 Å². The minimum absolute atomic E-state index is 0.0943. The summed E-state index contributed by atoms with van der Waals surface area (Å²) in [5.74, 6) is 0. The van der Waals surface area contributed by atoms with Gasteiger partial charge in [-0.2, -0.15) is 5.10 Å². The van der Waals surface area contributed by atoms with Gasteiger partial charge in [0.15, 0.2) is 0 Å². The lowest BCUT2D eigenvalue weighted by Crippen LogP contribution is -2.09. The molecule has 0 atom stereocenters. The van der Waals surface area contributed by atoms with Gasteiger partial charge in [-0.15, -0.1) is 0 Å². The van der Waals surface area contributed by atoms with E-state index < -0.39 is 9.84 Å². The monoisotopic (exact) mass is 363 g/mol. The van der Waals surface area contributed by atoms with Crippen LogP contribution in [0.25, 0.3) is 38.7 Å². The molecule has 2 aromatic carbocycles. The molecule has 0 N–H and O–H groups in total. The van der Waals surface area contributed by atoms with E-state index in [1.807, 2.05) is 48.5 Å².